The molecule has 1 saturated heterocycles. The second kappa shape index (κ2) is 7.60. The zero-order valence-electron chi connectivity index (χ0n) is 14.9. The molecule has 3 heterocycles. The van der Waals surface area contributed by atoms with Crippen LogP contribution >= 0.6 is 11.3 Å². The number of furan rings is 1. The van der Waals surface area contributed by atoms with Gasteiger partial charge in [-0.15, -0.1) is 11.3 Å². The number of fused-ring (bicyclic) bond motifs is 1. The summed E-state index contributed by atoms with van der Waals surface area (Å²) < 4.78 is 6.65. The van der Waals surface area contributed by atoms with Gasteiger partial charge in [0.2, 0.25) is 0 Å². The molecule has 0 bridgehead atoms. The highest BCUT2D eigenvalue weighted by atomic mass is 32.1. The van der Waals surface area contributed by atoms with Crippen LogP contribution in [0.5, 0.6) is 0 Å². The van der Waals surface area contributed by atoms with Gasteiger partial charge >= 0.3 is 0 Å². The predicted molar refractivity (Wildman–Crippen MR) is 102 cm³/mol. The molecule has 136 valence electrons. The Labute approximate surface area is 157 Å². The first-order valence-electron chi connectivity index (χ1n) is 9.20. The van der Waals surface area contributed by atoms with E-state index in [9.17, 15) is 4.79 Å². The Bertz CT molecular complexity index is 833. The molecule has 1 amide bonds. The maximum Gasteiger partial charge on any atom is 0.277 e. The fourth-order valence-electron chi connectivity index (χ4n) is 3.51. The van der Waals surface area contributed by atoms with Crippen molar-refractivity contribution >= 4 is 27.5 Å². The Hall–Kier alpha value is -2.18. The van der Waals surface area contributed by atoms with Crippen molar-refractivity contribution in [2.24, 2.45) is 0 Å². The van der Waals surface area contributed by atoms with Crippen molar-refractivity contribution < 1.29 is 14.5 Å². The summed E-state index contributed by atoms with van der Waals surface area (Å²) in [5.41, 5.74) is 1.09. The number of nitrogens with two attached hydrogens (primary N) is 1. The van der Waals surface area contributed by atoms with E-state index in [1.165, 1.54) is 9.71 Å². The Morgan fingerprint density at radius 3 is 2.85 bits per heavy atom. The Morgan fingerprint density at radius 1 is 1.31 bits per heavy atom. The molecule has 6 heteroatoms. The van der Waals surface area contributed by atoms with Gasteiger partial charge in [-0.05, 0) is 44.0 Å². The van der Waals surface area contributed by atoms with Crippen LogP contribution in [0.2, 0.25) is 0 Å². The molecule has 1 fully saturated rings. The second-order valence-corrected chi connectivity index (χ2v) is 7.98. The second-order valence-electron chi connectivity index (χ2n) is 6.92. The first-order chi connectivity index (χ1) is 12.7. The SMILES string of the molecule is C[C@@H]([NH2+]CC(=O)N1CCC(c2nc3ccccc3s2)CC1)c1ccco1. The van der Waals surface area contributed by atoms with Crippen molar-refractivity contribution in [1.29, 1.82) is 0 Å². The zero-order valence-corrected chi connectivity index (χ0v) is 15.7. The number of thiazole rings is 1. The van der Waals surface area contributed by atoms with E-state index in [0.29, 0.717) is 12.5 Å². The lowest BCUT2D eigenvalue weighted by Crippen LogP contribution is -2.87. The first kappa shape index (κ1) is 17.2. The van der Waals surface area contributed by atoms with Gasteiger partial charge < -0.3 is 14.6 Å². The average Bonchev–Trinajstić information content (AvgIpc) is 3.35. The highest BCUT2D eigenvalue weighted by molar-refractivity contribution is 7.18. The number of amides is 1. The van der Waals surface area contributed by atoms with E-state index in [1.807, 2.05) is 28.4 Å². The molecular formula is C20H24N3O2S+. The lowest BCUT2D eigenvalue weighted by molar-refractivity contribution is -0.685. The molecular weight excluding hydrogens is 346 g/mol. The van der Waals surface area contributed by atoms with Gasteiger partial charge in [-0.3, -0.25) is 4.79 Å². The van der Waals surface area contributed by atoms with Crippen LogP contribution in [-0.2, 0) is 4.79 Å². The smallest absolute Gasteiger partial charge is 0.277 e. The Balaban J connectivity index is 1.29. The largest absolute Gasteiger partial charge is 0.463 e. The van der Waals surface area contributed by atoms with Gasteiger partial charge in [-0.25, -0.2) is 4.98 Å². The molecule has 0 spiro atoms. The van der Waals surface area contributed by atoms with Gasteiger partial charge in [0.15, 0.2) is 12.3 Å². The molecule has 0 saturated carbocycles. The summed E-state index contributed by atoms with van der Waals surface area (Å²) in [5.74, 6) is 1.60. The number of benzene rings is 1. The van der Waals surface area contributed by atoms with Gasteiger partial charge in [-0.1, -0.05) is 12.1 Å². The zero-order chi connectivity index (χ0) is 17.9. The quantitative estimate of drug-likeness (QED) is 0.751. The summed E-state index contributed by atoms with van der Waals surface area (Å²) >= 11 is 1.79. The van der Waals surface area contributed by atoms with Crippen LogP contribution in [0.25, 0.3) is 10.2 Å². The summed E-state index contributed by atoms with van der Waals surface area (Å²) in [6.07, 6.45) is 3.67. The van der Waals surface area contributed by atoms with Crippen molar-refractivity contribution in [1.82, 2.24) is 9.88 Å². The van der Waals surface area contributed by atoms with E-state index in [0.717, 1.165) is 37.2 Å². The molecule has 4 rings (SSSR count). The van der Waals surface area contributed by atoms with Crippen LogP contribution in [0.15, 0.2) is 47.1 Å². The number of carbonyl (C=O) groups is 1. The highest BCUT2D eigenvalue weighted by Gasteiger charge is 2.27. The van der Waals surface area contributed by atoms with E-state index in [1.54, 1.807) is 17.6 Å². The van der Waals surface area contributed by atoms with Gasteiger partial charge in [-0.2, -0.15) is 0 Å². The monoisotopic (exact) mass is 370 g/mol. The van der Waals surface area contributed by atoms with Crippen LogP contribution in [0.1, 0.15) is 42.5 Å². The van der Waals surface area contributed by atoms with Crippen LogP contribution in [0, 0.1) is 0 Å². The summed E-state index contributed by atoms with van der Waals surface area (Å²) in [6.45, 7) is 4.17. The number of nitrogens with zero attached hydrogens (tertiary/aromatic N) is 2. The van der Waals surface area contributed by atoms with Crippen LogP contribution in [-0.4, -0.2) is 35.4 Å². The Morgan fingerprint density at radius 2 is 2.12 bits per heavy atom. The van der Waals surface area contributed by atoms with Crippen molar-refractivity contribution in [2.45, 2.75) is 31.7 Å². The van der Waals surface area contributed by atoms with E-state index < -0.39 is 0 Å². The normalized spacial score (nSPS) is 16.9. The maximum absolute atomic E-state index is 12.5. The fourth-order valence-corrected chi connectivity index (χ4v) is 4.65. The molecule has 1 aromatic carbocycles. The number of piperidine rings is 1. The first-order valence-corrected chi connectivity index (χ1v) is 10.0. The van der Waals surface area contributed by atoms with E-state index in [4.69, 9.17) is 9.40 Å². The summed E-state index contributed by atoms with van der Waals surface area (Å²) in [4.78, 5) is 19.3. The minimum atomic E-state index is 0.161. The van der Waals surface area contributed by atoms with Crippen LogP contribution < -0.4 is 5.32 Å². The molecule has 2 aromatic heterocycles. The molecule has 1 atom stereocenters. The number of para-hydroxylation sites is 1. The van der Waals surface area contributed by atoms with Crippen molar-refractivity contribution in [3.05, 3.63) is 53.4 Å². The minimum absolute atomic E-state index is 0.161. The number of rotatable bonds is 5. The van der Waals surface area contributed by atoms with Crippen LogP contribution in [0.4, 0.5) is 0 Å². The topological polar surface area (TPSA) is 63.0 Å². The third-order valence-electron chi connectivity index (χ3n) is 5.15. The summed E-state index contributed by atoms with van der Waals surface area (Å²) in [5, 5.41) is 3.26. The lowest BCUT2D eigenvalue weighted by atomic mass is 9.97. The average molecular weight is 370 g/mol. The molecule has 1 aliphatic heterocycles. The summed E-state index contributed by atoms with van der Waals surface area (Å²) in [6, 6.07) is 12.3. The fraction of sp³-hybridized carbons (Fsp3) is 0.400. The number of hydrogen-bond donors (Lipinski definition) is 1. The molecule has 0 radical (unpaired) electrons. The Kier molecular flexibility index (Phi) is 5.04. The van der Waals surface area contributed by atoms with Crippen molar-refractivity contribution in [3.63, 3.8) is 0 Å². The molecule has 0 aliphatic carbocycles. The minimum Gasteiger partial charge on any atom is -0.463 e. The number of likely N-dealkylation sites (tertiary alicyclic amines) is 1. The lowest BCUT2D eigenvalue weighted by Gasteiger charge is -2.30. The molecule has 1 aliphatic rings. The van der Waals surface area contributed by atoms with Gasteiger partial charge in [0, 0.05) is 19.0 Å². The maximum atomic E-state index is 12.5. The third-order valence-corrected chi connectivity index (χ3v) is 6.34. The van der Waals surface area contributed by atoms with Crippen molar-refractivity contribution in [3.8, 4) is 0 Å². The molecule has 3 aromatic rings. The standard InChI is InChI=1S/C20H23N3O2S/c1-14(17-6-4-12-25-17)21-13-19(24)23-10-8-15(9-11-23)20-22-16-5-2-3-7-18(16)26-20/h2-7,12,14-15,21H,8-11,13H2,1H3/p+1/t14-/m1/s1. The van der Waals surface area contributed by atoms with E-state index in [-0.39, 0.29) is 11.9 Å². The number of quaternary nitrogens is 1. The number of hydrogen-bond acceptors (Lipinski definition) is 4. The predicted octanol–water partition coefficient (Wildman–Crippen LogP) is 2.92. The molecule has 5 nitrogen and oxygen atoms in total. The third kappa shape index (κ3) is 3.66. The van der Waals surface area contributed by atoms with Gasteiger partial charge in [0.1, 0.15) is 6.04 Å². The van der Waals surface area contributed by atoms with E-state index in [2.05, 4.69) is 25.1 Å². The van der Waals surface area contributed by atoms with Gasteiger partial charge in [0.25, 0.3) is 5.91 Å². The van der Waals surface area contributed by atoms with Crippen molar-refractivity contribution in [2.75, 3.05) is 19.6 Å². The molecule has 2 N–H and O–H groups in total. The van der Waals surface area contributed by atoms with Crippen LogP contribution in [0.3, 0.4) is 0 Å². The highest BCUT2D eigenvalue weighted by Crippen LogP contribution is 2.33. The van der Waals surface area contributed by atoms with E-state index >= 15 is 0 Å². The van der Waals surface area contributed by atoms with Gasteiger partial charge in [0.05, 0.1) is 21.5 Å². The molecule has 0 unspecified atom stereocenters. The molecule has 26 heavy (non-hydrogen) atoms. The number of carbonyl (C=O) groups excluding carboxylic acids is 1. The number of aromatic nitrogens is 1. The summed E-state index contributed by atoms with van der Waals surface area (Å²) in [7, 11) is 0.